The van der Waals surface area contributed by atoms with Crippen molar-refractivity contribution in [3.8, 4) is 0 Å². The fourth-order valence-corrected chi connectivity index (χ4v) is 1.80. The van der Waals surface area contributed by atoms with Crippen molar-refractivity contribution in [3.05, 3.63) is 0 Å². The number of hydrogen-bond acceptors (Lipinski definition) is 3. The van der Waals surface area contributed by atoms with Gasteiger partial charge in [0.25, 0.3) is 0 Å². The van der Waals surface area contributed by atoms with Gasteiger partial charge in [-0.2, -0.15) is 11.8 Å². The summed E-state index contributed by atoms with van der Waals surface area (Å²) in [6.45, 7) is 2.42. The zero-order valence-electron chi connectivity index (χ0n) is 10.4. The first-order valence-electron chi connectivity index (χ1n) is 5.92. The lowest BCUT2D eigenvalue weighted by atomic mass is 10.1. The molecule has 0 bridgehead atoms. The molecule has 1 N–H and O–H groups in total. The standard InChI is InChI=1S/C12H23NO2S/c1-11(14)8-6-4-3-5-7-9-13-12(15)10-16-2/h3-10H2,1-2H3,(H,13,15). The van der Waals surface area contributed by atoms with Crippen LogP contribution >= 0.6 is 11.8 Å². The molecule has 4 heteroatoms. The van der Waals surface area contributed by atoms with E-state index in [1.54, 1.807) is 18.7 Å². The largest absolute Gasteiger partial charge is 0.355 e. The lowest BCUT2D eigenvalue weighted by Gasteiger charge is -2.03. The van der Waals surface area contributed by atoms with E-state index in [-0.39, 0.29) is 11.7 Å². The summed E-state index contributed by atoms with van der Waals surface area (Å²) in [6.07, 6.45) is 8.11. The molecule has 16 heavy (non-hydrogen) atoms. The van der Waals surface area contributed by atoms with Gasteiger partial charge in [0.05, 0.1) is 5.75 Å². The quantitative estimate of drug-likeness (QED) is 0.601. The van der Waals surface area contributed by atoms with Crippen LogP contribution in [0.2, 0.25) is 0 Å². The van der Waals surface area contributed by atoms with Gasteiger partial charge in [-0.25, -0.2) is 0 Å². The molecular weight excluding hydrogens is 222 g/mol. The highest BCUT2D eigenvalue weighted by Crippen LogP contribution is 2.05. The number of rotatable bonds is 10. The van der Waals surface area contributed by atoms with Gasteiger partial charge in [-0.3, -0.25) is 4.79 Å². The van der Waals surface area contributed by atoms with E-state index >= 15 is 0 Å². The van der Waals surface area contributed by atoms with Crippen molar-refractivity contribution in [3.63, 3.8) is 0 Å². The van der Waals surface area contributed by atoms with Gasteiger partial charge in [0.15, 0.2) is 0 Å². The number of nitrogens with one attached hydrogen (secondary N) is 1. The Kier molecular flexibility index (Phi) is 10.6. The molecule has 0 unspecified atom stereocenters. The van der Waals surface area contributed by atoms with E-state index in [4.69, 9.17) is 0 Å². The Balaban J connectivity index is 3.09. The Hall–Kier alpha value is -0.510. The van der Waals surface area contributed by atoms with Crippen molar-refractivity contribution in [2.24, 2.45) is 0 Å². The van der Waals surface area contributed by atoms with Crippen LogP contribution in [0.15, 0.2) is 0 Å². The number of amides is 1. The van der Waals surface area contributed by atoms with E-state index in [0.717, 1.165) is 38.6 Å². The van der Waals surface area contributed by atoms with E-state index in [2.05, 4.69) is 5.32 Å². The predicted octanol–water partition coefficient (Wildman–Crippen LogP) is 2.40. The summed E-state index contributed by atoms with van der Waals surface area (Å²) in [7, 11) is 0. The van der Waals surface area contributed by atoms with Gasteiger partial charge in [-0.1, -0.05) is 19.3 Å². The minimum Gasteiger partial charge on any atom is -0.355 e. The van der Waals surface area contributed by atoms with Crippen LogP contribution in [0.25, 0.3) is 0 Å². The zero-order chi connectivity index (χ0) is 12.2. The van der Waals surface area contributed by atoms with Gasteiger partial charge in [0, 0.05) is 13.0 Å². The van der Waals surface area contributed by atoms with Crippen LogP contribution in [-0.4, -0.2) is 30.2 Å². The summed E-state index contributed by atoms with van der Waals surface area (Å²) in [6, 6.07) is 0. The maximum atomic E-state index is 11.1. The summed E-state index contributed by atoms with van der Waals surface area (Å²) in [5.41, 5.74) is 0. The van der Waals surface area contributed by atoms with Crippen molar-refractivity contribution in [2.75, 3.05) is 18.6 Å². The maximum absolute atomic E-state index is 11.1. The second kappa shape index (κ2) is 11.0. The van der Waals surface area contributed by atoms with Crippen LogP contribution in [0.5, 0.6) is 0 Å². The van der Waals surface area contributed by atoms with Crippen LogP contribution < -0.4 is 5.32 Å². The van der Waals surface area contributed by atoms with Gasteiger partial charge in [-0.15, -0.1) is 0 Å². The van der Waals surface area contributed by atoms with Crippen molar-refractivity contribution in [1.29, 1.82) is 0 Å². The van der Waals surface area contributed by atoms with Crippen LogP contribution in [0.1, 0.15) is 45.4 Å². The van der Waals surface area contributed by atoms with Crippen molar-refractivity contribution < 1.29 is 9.59 Å². The van der Waals surface area contributed by atoms with Crippen molar-refractivity contribution in [2.45, 2.75) is 45.4 Å². The smallest absolute Gasteiger partial charge is 0.229 e. The summed E-state index contributed by atoms with van der Waals surface area (Å²) in [5, 5.41) is 2.88. The first-order chi connectivity index (χ1) is 7.66. The Morgan fingerprint density at radius 3 is 2.31 bits per heavy atom. The molecule has 0 aromatic heterocycles. The number of ketones is 1. The average molecular weight is 245 g/mol. The van der Waals surface area contributed by atoms with E-state index < -0.39 is 0 Å². The van der Waals surface area contributed by atoms with Crippen LogP contribution in [0, 0.1) is 0 Å². The molecule has 0 aliphatic heterocycles. The Morgan fingerprint density at radius 1 is 1.06 bits per heavy atom. The van der Waals surface area contributed by atoms with Crippen LogP contribution in [0.4, 0.5) is 0 Å². The molecule has 0 rings (SSSR count). The highest BCUT2D eigenvalue weighted by Gasteiger charge is 1.98. The molecule has 0 aliphatic carbocycles. The number of carbonyl (C=O) groups excluding carboxylic acids is 2. The van der Waals surface area contributed by atoms with Gasteiger partial charge in [0.1, 0.15) is 5.78 Å². The third kappa shape index (κ3) is 11.6. The normalized spacial score (nSPS) is 10.1. The maximum Gasteiger partial charge on any atom is 0.229 e. The van der Waals surface area contributed by atoms with E-state index in [1.807, 2.05) is 6.26 Å². The molecule has 0 spiro atoms. The lowest BCUT2D eigenvalue weighted by molar-refractivity contribution is -0.118. The van der Waals surface area contributed by atoms with Crippen molar-refractivity contribution in [1.82, 2.24) is 5.32 Å². The van der Waals surface area contributed by atoms with Crippen molar-refractivity contribution >= 4 is 23.5 Å². The van der Waals surface area contributed by atoms with Crippen LogP contribution in [-0.2, 0) is 9.59 Å². The Morgan fingerprint density at radius 2 is 1.69 bits per heavy atom. The third-order valence-electron chi connectivity index (χ3n) is 2.30. The van der Waals surface area contributed by atoms with Crippen LogP contribution in [0.3, 0.4) is 0 Å². The molecular formula is C12H23NO2S. The van der Waals surface area contributed by atoms with Gasteiger partial charge in [0.2, 0.25) is 5.91 Å². The Bertz CT molecular complexity index is 207. The van der Waals surface area contributed by atoms with E-state index in [1.165, 1.54) is 0 Å². The summed E-state index contributed by atoms with van der Waals surface area (Å²) >= 11 is 1.54. The first kappa shape index (κ1) is 15.5. The minimum absolute atomic E-state index is 0.129. The number of Topliss-reactive ketones (excluding diaryl/α,β-unsaturated/α-hetero) is 1. The first-order valence-corrected chi connectivity index (χ1v) is 7.31. The fraction of sp³-hybridized carbons (Fsp3) is 0.833. The molecule has 0 aliphatic rings. The van der Waals surface area contributed by atoms with E-state index in [0.29, 0.717) is 12.2 Å². The van der Waals surface area contributed by atoms with Gasteiger partial charge >= 0.3 is 0 Å². The van der Waals surface area contributed by atoms with Gasteiger partial charge in [-0.05, 0) is 26.0 Å². The second-order valence-corrected chi connectivity index (χ2v) is 4.87. The van der Waals surface area contributed by atoms with Gasteiger partial charge < -0.3 is 10.1 Å². The average Bonchev–Trinajstić information content (AvgIpc) is 2.22. The second-order valence-electron chi connectivity index (χ2n) is 4.00. The molecule has 0 saturated carbocycles. The molecule has 94 valence electrons. The molecule has 0 fully saturated rings. The molecule has 0 saturated heterocycles. The molecule has 3 nitrogen and oxygen atoms in total. The number of hydrogen-bond donors (Lipinski definition) is 1. The Labute approximate surface area is 103 Å². The lowest BCUT2D eigenvalue weighted by Crippen LogP contribution is -2.25. The summed E-state index contributed by atoms with van der Waals surface area (Å²) < 4.78 is 0. The number of thioether (sulfide) groups is 1. The fourth-order valence-electron chi connectivity index (χ4n) is 1.44. The summed E-state index contributed by atoms with van der Waals surface area (Å²) in [5.74, 6) is 0.965. The molecule has 0 aromatic rings. The number of carbonyl (C=O) groups is 2. The molecule has 1 amide bonds. The molecule has 0 heterocycles. The zero-order valence-corrected chi connectivity index (χ0v) is 11.2. The van der Waals surface area contributed by atoms with E-state index in [9.17, 15) is 9.59 Å². The monoisotopic (exact) mass is 245 g/mol. The highest BCUT2D eigenvalue weighted by atomic mass is 32.2. The number of unbranched alkanes of at least 4 members (excludes halogenated alkanes) is 4. The predicted molar refractivity (Wildman–Crippen MR) is 69.8 cm³/mol. The minimum atomic E-state index is 0.129. The molecule has 0 radical (unpaired) electrons. The summed E-state index contributed by atoms with van der Waals surface area (Å²) in [4.78, 5) is 21.7. The molecule has 0 atom stereocenters. The SMILES string of the molecule is CSCC(=O)NCCCCCCCC(C)=O. The third-order valence-corrected chi connectivity index (χ3v) is 2.85. The topological polar surface area (TPSA) is 46.2 Å². The highest BCUT2D eigenvalue weighted by molar-refractivity contribution is 7.99. The molecule has 0 aromatic carbocycles.